The van der Waals surface area contributed by atoms with E-state index in [1.165, 1.54) is 0 Å². The van der Waals surface area contributed by atoms with Crippen LogP contribution in [0.2, 0.25) is 0 Å². The van der Waals surface area contributed by atoms with Gasteiger partial charge in [-0.2, -0.15) is 0 Å². The van der Waals surface area contributed by atoms with Crippen molar-refractivity contribution >= 4 is 31.9 Å². The van der Waals surface area contributed by atoms with Gasteiger partial charge in [0.15, 0.2) is 0 Å². The number of hydrogen-bond acceptors (Lipinski definition) is 3. The second kappa shape index (κ2) is 8.02. The van der Waals surface area contributed by atoms with Crippen LogP contribution < -0.4 is 14.8 Å². The van der Waals surface area contributed by atoms with E-state index in [1.54, 1.807) is 7.11 Å². The Bertz CT molecular complexity index is 385. The Kier molecular flexibility index (Phi) is 7.04. The molecule has 0 fully saturated rings. The van der Waals surface area contributed by atoms with Gasteiger partial charge in [-0.1, -0.05) is 13.8 Å². The molecular weight excluding hydrogens is 362 g/mol. The van der Waals surface area contributed by atoms with Crippen LogP contribution in [0.3, 0.4) is 0 Å². The molecule has 1 aromatic carbocycles. The van der Waals surface area contributed by atoms with Crippen molar-refractivity contribution in [2.45, 2.75) is 26.4 Å². The van der Waals surface area contributed by atoms with Crippen molar-refractivity contribution < 1.29 is 9.47 Å². The number of likely N-dealkylation sites (N-methyl/N-ethyl adjacent to an activating group) is 1. The minimum absolute atomic E-state index is 0.168. The Balaban J connectivity index is 2.79. The van der Waals surface area contributed by atoms with Crippen molar-refractivity contribution in [3.63, 3.8) is 0 Å². The third-order valence-electron chi connectivity index (χ3n) is 2.58. The fourth-order valence-electron chi connectivity index (χ4n) is 1.51. The molecule has 0 saturated heterocycles. The summed E-state index contributed by atoms with van der Waals surface area (Å²) in [7, 11) is 1.65. The summed E-state index contributed by atoms with van der Waals surface area (Å²) in [5, 5.41) is 3.30. The molecule has 0 amide bonds. The van der Waals surface area contributed by atoms with E-state index in [0.717, 1.165) is 40.0 Å². The van der Waals surface area contributed by atoms with Crippen molar-refractivity contribution in [1.29, 1.82) is 0 Å². The fraction of sp³-hybridized carbons (Fsp3) is 0.538. The molecule has 5 heteroatoms. The zero-order valence-electron chi connectivity index (χ0n) is 10.9. The molecule has 0 radical (unpaired) electrons. The highest BCUT2D eigenvalue weighted by Gasteiger charge is 2.13. The molecule has 0 heterocycles. The van der Waals surface area contributed by atoms with Crippen molar-refractivity contribution in [3.05, 3.63) is 21.1 Å². The number of nitrogens with one attached hydrogen (secondary N) is 1. The highest BCUT2D eigenvalue weighted by atomic mass is 79.9. The molecule has 0 aliphatic carbocycles. The average molecular weight is 381 g/mol. The van der Waals surface area contributed by atoms with Crippen LogP contribution in [0.15, 0.2) is 21.1 Å². The molecule has 0 aliphatic heterocycles. The van der Waals surface area contributed by atoms with Crippen molar-refractivity contribution in [1.82, 2.24) is 5.32 Å². The normalized spacial score (nSPS) is 12.3. The minimum Gasteiger partial charge on any atom is -0.496 e. The minimum atomic E-state index is 0.168. The molecular formula is C13H19Br2NO2. The third kappa shape index (κ3) is 4.44. The number of benzene rings is 1. The smallest absolute Gasteiger partial charge is 0.135 e. The molecule has 0 spiro atoms. The topological polar surface area (TPSA) is 30.5 Å². The predicted octanol–water partition coefficient (Wildman–Crippen LogP) is 3.99. The second-order valence-corrected chi connectivity index (χ2v) is 5.58. The van der Waals surface area contributed by atoms with Gasteiger partial charge in [-0.15, -0.1) is 0 Å². The van der Waals surface area contributed by atoms with E-state index in [4.69, 9.17) is 9.47 Å². The maximum Gasteiger partial charge on any atom is 0.135 e. The molecule has 0 aromatic heterocycles. The van der Waals surface area contributed by atoms with E-state index in [9.17, 15) is 0 Å². The highest BCUT2D eigenvalue weighted by Crippen LogP contribution is 2.36. The lowest BCUT2D eigenvalue weighted by Gasteiger charge is -2.19. The van der Waals surface area contributed by atoms with Gasteiger partial charge in [0.2, 0.25) is 0 Å². The van der Waals surface area contributed by atoms with E-state index >= 15 is 0 Å². The maximum absolute atomic E-state index is 5.98. The number of hydrogen-bond donors (Lipinski definition) is 1. The number of rotatable bonds is 7. The Morgan fingerprint density at radius 1 is 1.17 bits per heavy atom. The number of methoxy groups -OCH3 is 1. The van der Waals surface area contributed by atoms with Crippen LogP contribution in [0, 0.1) is 0 Å². The predicted molar refractivity (Wildman–Crippen MR) is 81.6 cm³/mol. The SMILES string of the molecule is CCNCC(CC)Oc1cc(Br)c(OC)cc1Br. The first-order valence-electron chi connectivity index (χ1n) is 6.02. The van der Waals surface area contributed by atoms with Gasteiger partial charge in [0.1, 0.15) is 17.6 Å². The summed E-state index contributed by atoms with van der Waals surface area (Å²) < 4.78 is 13.0. The van der Waals surface area contributed by atoms with Gasteiger partial charge in [0.25, 0.3) is 0 Å². The number of halogens is 2. The second-order valence-electron chi connectivity index (χ2n) is 3.87. The third-order valence-corrected chi connectivity index (χ3v) is 3.82. The van der Waals surface area contributed by atoms with Gasteiger partial charge in [-0.3, -0.25) is 0 Å². The monoisotopic (exact) mass is 379 g/mol. The molecule has 0 aliphatic rings. The molecule has 102 valence electrons. The van der Waals surface area contributed by atoms with Gasteiger partial charge in [-0.25, -0.2) is 0 Å². The summed E-state index contributed by atoms with van der Waals surface area (Å²) >= 11 is 6.97. The summed E-state index contributed by atoms with van der Waals surface area (Å²) in [6.45, 7) is 6.01. The van der Waals surface area contributed by atoms with Gasteiger partial charge in [0.05, 0.1) is 16.1 Å². The van der Waals surface area contributed by atoms with Crippen LogP contribution in [0.25, 0.3) is 0 Å². The maximum atomic E-state index is 5.98. The summed E-state index contributed by atoms with van der Waals surface area (Å²) in [5.74, 6) is 1.61. The zero-order valence-corrected chi connectivity index (χ0v) is 14.1. The molecule has 1 N–H and O–H groups in total. The first kappa shape index (κ1) is 15.8. The first-order valence-corrected chi connectivity index (χ1v) is 7.61. The van der Waals surface area contributed by atoms with E-state index in [0.29, 0.717) is 0 Å². The lowest BCUT2D eigenvalue weighted by molar-refractivity contribution is 0.192. The van der Waals surface area contributed by atoms with Gasteiger partial charge < -0.3 is 14.8 Å². The van der Waals surface area contributed by atoms with Crippen LogP contribution in [0.5, 0.6) is 11.5 Å². The van der Waals surface area contributed by atoms with Crippen molar-refractivity contribution in [2.75, 3.05) is 20.2 Å². The van der Waals surface area contributed by atoms with Crippen LogP contribution in [-0.4, -0.2) is 26.3 Å². The van der Waals surface area contributed by atoms with E-state index in [1.807, 2.05) is 12.1 Å². The summed E-state index contributed by atoms with van der Waals surface area (Å²) in [4.78, 5) is 0. The molecule has 1 rings (SSSR count). The Labute approximate surface area is 125 Å². The first-order chi connectivity index (χ1) is 8.62. The molecule has 18 heavy (non-hydrogen) atoms. The van der Waals surface area contributed by atoms with Crippen molar-refractivity contribution in [2.24, 2.45) is 0 Å². The van der Waals surface area contributed by atoms with Crippen molar-refractivity contribution in [3.8, 4) is 11.5 Å². The Morgan fingerprint density at radius 3 is 2.33 bits per heavy atom. The van der Waals surface area contributed by atoms with Crippen LogP contribution in [0.4, 0.5) is 0 Å². The summed E-state index contributed by atoms with van der Waals surface area (Å²) in [6, 6.07) is 3.83. The van der Waals surface area contributed by atoms with E-state index in [2.05, 4.69) is 51.0 Å². The lowest BCUT2D eigenvalue weighted by atomic mass is 10.2. The largest absolute Gasteiger partial charge is 0.496 e. The van der Waals surface area contributed by atoms with Crippen LogP contribution in [0.1, 0.15) is 20.3 Å². The molecule has 0 saturated carbocycles. The van der Waals surface area contributed by atoms with Gasteiger partial charge >= 0.3 is 0 Å². The van der Waals surface area contributed by atoms with Crippen LogP contribution >= 0.6 is 31.9 Å². The van der Waals surface area contributed by atoms with Gasteiger partial charge in [0, 0.05) is 6.54 Å². The van der Waals surface area contributed by atoms with Gasteiger partial charge in [-0.05, 0) is 57.0 Å². The zero-order chi connectivity index (χ0) is 13.5. The fourth-order valence-corrected chi connectivity index (χ4v) is 2.41. The summed E-state index contributed by atoms with van der Waals surface area (Å²) in [6.07, 6.45) is 1.13. The summed E-state index contributed by atoms with van der Waals surface area (Å²) in [5.41, 5.74) is 0. The standard InChI is InChI=1S/C13H19Br2NO2/c1-4-9(8-16-5-2)18-13-7-10(14)12(17-3)6-11(13)15/h6-7,9,16H,4-5,8H2,1-3H3. The molecule has 1 unspecified atom stereocenters. The Hall–Kier alpha value is -0.260. The van der Waals surface area contributed by atoms with Crippen LogP contribution in [-0.2, 0) is 0 Å². The quantitative estimate of drug-likeness (QED) is 0.775. The molecule has 1 atom stereocenters. The molecule has 0 bridgehead atoms. The Morgan fingerprint density at radius 2 is 1.78 bits per heavy atom. The molecule has 3 nitrogen and oxygen atoms in total. The van der Waals surface area contributed by atoms with E-state index < -0.39 is 0 Å². The number of ether oxygens (including phenoxy) is 2. The lowest BCUT2D eigenvalue weighted by Crippen LogP contribution is -2.30. The molecule has 1 aromatic rings. The average Bonchev–Trinajstić information content (AvgIpc) is 2.37. The van der Waals surface area contributed by atoms with E-state index in [-0.39, 0.29) is 6.10 Å². The highest BCUT2D eigenvalue weighted by molar-refractivity contribution is 9.11.